The van der Waals surface area contributed by atoms with E-state index in [2.05, 4.69) is 12.2 Å². The Hall–Kier alpha value is -1.22. The van der Waals surface area contributed by atoms with E-state index in [0.717, 1.165) is 24.5 Å². The second kappa shape index (κ2) is 7.12. The van der Waals surface area contributed by atoms with Crippen LogP contribution < -0.4 is 10.1 Å². The number of benzene rings is 1. The highest BCUT2D eigenvalue weighted by atomic mass is 16.5. The summed E-state index contributed by atoms with van der Waals surface area (Å²) < 4.78 is 10.4. The molecule has 1 rings (SSSR count). The summed E-state index contributed by atoms with van der Waals surface area (Å²) in [5, 5.41) is 3.41. The molecule has 3 heteroatoms. The van der Waals surface area contributed by atoms with Crippen LogP contribution in [0.25, 0.3) is 0 Å². The molecule has 0 aliphatic carbocycles. The van der Waals surface area contributed by atoms with E-state index in [0.29, 0.717) is 12.6 Å². The van der Waals surface area contributed by atoms with E-state index in [1.807, 2.05) is 31.2 Å². The van der Waals surface area contributed by atoms with Crippen LogP contribution in [-0.2, 0) is 4.74 Å². The van der Waals surface area contributed by atoms with Crippen molar-refractivity contribution in [2.45, 2.75) is 26.3 Å². The summed E-state index contributed by atoms with van der Waals surface area (Å²) in [7, 11) is 1.73. The van der Waals surface area contributed by atoms with Crippen LogP contribution in [0, 0.1) is 0 Å². The highest BCUT2D eigenvalue weighted by Crippen LogP contribution is 2.16. The van der Waals surface area contributed by atoms with Gasteiger partial charge in [-0.1, -0.05) is 0 Å². The van der Waals surface area contributed by atoms with Crippen LogP contribution in [-0.4, -0.2) is 26.4 Å². The molecule has 0 aliphatic heterocycles. The van der Waals surface area contributed by atoms with Gasteiger partial charge in [-0.15, -0.1) is 0 Å². The average molecular weight is 223 g/mol. The summed E-state index contributed by atoms with van der Waals surface area (Å²) >= 11 is 0. The van der Waals surface area contributed by atoms with E-state index in [1.165, 1.54) is 0 Å². The average Bonchev–Trinajstić information content (AvgIpc) is 2.29. The van der Waals surface area contributed by atoms with Gasteiger partial charge in [-0.2, -0.15) is 0 Å². The maximum atomic E-state index is 5.38. The molecule has 0 saturated carbocycles. The Morgan fingerprint density at radius 3 is 2.50 bits per heavy atom. The number of nitrogens with one attached hydrogen (secondary N) is 1. The molecule has 0 fully saturated rings. The molecule has 1 atom stereocenters. The first kappa shape index (κ1) is 12.8. The molecule has 0 heterocycles. The normalized spacial score (nSPS) is 12.2. The van der Waals surface area contributed by atoms with Gasteiger partial charge in [0.15, 0.2) is 0 Å². The summed E-state index contributed by atoms with van der Waals surface area (Å²) in [6, 6.07) is 8.45. The van der Waals surface area contributed by atoms with Gasteiger partial charge < -0.3 is 14.8 Å². The van der Waals surface area contributed by atoms with Crippen LogP contribution in [0.4, 0.5) is 5.69 Å². The van der Waals surface area contributed by atoms with Crippen LogP contribution in [0.3, 0.4) is 0 Å². The molecule has 1 unspecified atom stereocenters. The lowest BCUT2D eigenvalue weighted by atomic mass is 10.2. The lowest BCUT2D eigenvalue weighted by Crippen LogP contribution is -2.16. The van der Waals surface area contributed by atoms with E-state index in [4.69, 9.17) is 9.47 Å². The van der Waals surface area contributed by atoms with Crippen molar-refractivity contribution in [3.63, 3.8) is 0 Å². The lowest BCUT2D eigenvalue weighted by molar-refractivity contribution is 0.191. The van der Waals surface area contributed by atoms with Gasteiger partial charge in [0.1, 0.15) is 5.75 Å². The Kier molecular flexibility index (Phi) is 5.72. The zero-order chi connectivity index (χ0) is 11.8. The Labute approximate surface area is 97.8 Å². The van der Waals surface area contributed by atoms with Crippen molar-refractivity contribution in [3.8, 4) is 5.75 Å². The van der Waals surface area contributed by atoms with Crippen LogP contribution in [0.15, 0.2) is 24.3 Å². The number of methoxy groups -OCH3 is 1. The second-order valence-electron chi connectivity index (χ2n) is 3.78. The molecule has 0 radical (unpaired) electrons. The maximum Gasteiger partial charge on any atom is 0.119 e. The van der Waals surface area contributed by atoms with Crippen molar-refractivity contribution in [2.75, 3.05) is 25.6 Å². The third-order valence-corrected chi connectivity index (χ3v) is 2.33. The first-order valence-corrected chi connectivity index (χ1v) is 5.74. The van der Waals surface area contributed by atoms with Crippen LogP contribution in [0.1, 0.15) is 20.3 Å². The third-order valence-electron chi connectivity index (χ3n) is 2.33. The molecule has 1 aromatic rings. The first-order valence-electron chi connectivity index (χ1n) is 5.74. The van der Waals surface area contributed by atoms with Crippen molar-refractivity contribution < 1.29 is 9.47 Å². The van der Waals surface area contributed by atoms with Crippen LogP contribution in [0.2, 0.25) is 0 Å². The minimum Gasteiger partial charge on any atom is -0.494 e. The van der Waals surface area contributed by atoms with Gasteiger partial charge >= 0.3 is 0 Å². The summed E-state index contributed by atoms with van der Waals surface area (Å²) in [6.07, 6.45) is 1.00. The standard InChI is InChI=1S/C13H21NO2/c1-4-16-13-7-5-12(6-8-13)14-11(2)9-10-15-3/h5-8,11,14H,4,9-10H2,1-3H3. The van der Waals surface area contributed by atoms with Gasteiger partial charge in [0.05, 0.1) is 6.61 Å². The van der Waals surface area contributed by atoms with Gasteiger partial charge in [-0.25, -0.2) is 0 Å². The Bertz CT molecular complexity index is 284. The fraction of sp³-hybridized carbons (Fsp3) is 0.538. The number of ether oxygens (including phenoxy) is 2. The minimum atomic E-state index is 0.415. The minimum absolute atomic E-state index is 0.415. The van der Waals surface area contributed by atoms with E-state index < -0.39 is 0 Å². The predicted molar refractivity (Wildman–Crippen MR) is 67.2 cm³/mol. The third kappa shape index (κ3) is 4.53. The topological polar surface area (TPSA) is 30.5 Å². The molecule has 0 bridgehead atoms. The second-order valence-corrected chi connectivity index (χ2v) is 3.78. The quantitative estimate of drug-likeness (QED) is 0.771. The van der Waals surface area contributed by atoms with Crippen molar-refractivity contribution in [3.05, 3.63) is 24.3 Å². The molecule has 90 valence electrons. The van der Waals surface area contributed by atoms with Gasteiger partial charge in [-0.3, -0.25) is 0 Å². The van der Waals surface area contributed by atoms with E-state index in [1.54, 1.807) is 7.11 Å². The number of hydrogen-bond donors (Lipinski definition) is 1. The smallest absolute Gasteiger partial charge is 0.119 e. The number of anilines is 1. The summed E-state index contributed by atoms with van der Waals surface area (Å²) in [5.41, 5.74) is 1.12. The predicted octanol–water partition coefficient (Wildman–Crippen LogP) is 2.92. The molecule has 1 N–H and O–H groups in total. The highest BCUT2D eigenvalue weighted by Gasteiger charge is 2.01. The molecular weight excluding hydrogens is 202 g/mol. The zero-order valence-corrected chi connectivity index (χ0v) is 10.3. The summed E-state index contributed by atoms with van der Waals surface area (Å²) in [6.45, 7) is 5.62. The molecule has 0 amide bonds. The molecule has 3 nitrogen and oxygen atoms in total. The summed E-state index contributed by atoms with van der Waals surface area (Å²) in [4.78, 5) is 0. The van der Waals surface area contributed by atoms with Crippen LogP contribution in [0.5, 0.6) is 5.75 Å². The monoisotopic (exact) mass is 223 g/mol. The highest BCUT2D eigenvalue weighted by molar-refractivity contribution is 5.46. The SMILES string of the molecule is CCOc1ccc(NC(C)CCOC)cc1. The molecule has 16 heavy (non-hydrogen) atoms. The fourth-order valence-electron chi connectivity index (χ4n) is 1.47. The van der Waals surface area contributed by atoms with Crippen molar-refractivity contribution in [1.82, 2.24) is 0 Å². The largest absolute Gasteiger partial charge is 0.494 e. The maximum absolute atomic E-state index is 5.38. The van der Waals surface area contributed by atoms with Gasteiger partial charge in [0, 0.05) is 25.4 Å². The van der Waals surface area contributed by atoms with Gasteiger partial charge in [-0.05, 0) is 44.5 Å². The Morgan fingerprint density at radius 2 is 1.94 bits per heavy atom. The molecule has 0 aromatic heterocycles. The summed E-state index contributed by atoms with van der Waals surface area (Å²) in [5.74, 6) is 0.914. The number of rotatable bonds is 7. The van der Waals surface area contributed by atoms with Gasteiger partial charge in [0.25, 0.3) is 0 Å². The van der Waals surface area contributed by atoms with Crippen molar-refractivity contribution in [2.24, 2.45) is 0 Å². The van der Waals surface area contributed by atoms with Crippen molar-refractivity contribution in [1.29, 1.82) is 0 Å². The van der Waals surface area contributed by atoms with Crippen molar-refractivity contribution >= 4 is 5.69 Å². The van der Waals surface area contributed by atoms with Crippen LogP contribution >= 0.6 is 0 Å². The molecular formula is C13H21NO2. The Balaban J connectivity index is 2.41. The first-order chi connectivity index (χ1) is 7.76. The van der Waals surface area contributed by atoms with E-state index in [9.17, 15) is 0 Å². The molecule has 0 aliphatic rings. The zero-order valence-electron chi connectivity index (χ0n) is 10.3. The lowest BCUT2D eigenvalue weighted by Gasteiger charge is -2.15. The number of hydrogen-bond acceptors (Lipinski definition) is 3. The fourth-order valence-corrected chi connectivity index (χ4v) is 1.47. The van der Waals surface area contributed by atoms with Gasteiger partial charge in [0.2, 0.25) is 0 Å². The molecule has 1 aromatic carbocycles. The van der Waals surface area contributed by atoms with E-state index >= 15 is 0 Å². The van der Waals surface area contributed by atoms with E-state index in [-0.39, 0.29) is 0 Å². The Morgan fingerprint density at radius 1 is 1.25 bits per heavy atom. The molecule has 0 spiro atoms. The molecule has 0 saturated heterocycles.